The quantitative estimate of drug-likeness (QED) is 0.0376. The summed E-state index contributed by atoms with van der Waals surface area (Å²) >= 11 is 0. The lowest BCUT2D eigenvalue weighted by Crippen LogP contribution is -2.35. The van der Waals surface area contributed by atoms with Gasteiger partial charge >= 0.3 is 11.9 Å². The molecule has 286 valence electrons. The highest BCUT2D eigenvalue weighted by atomic mass is 31.0. The Labute approximate surface area is 314 Å². The average Bonchev–Trinajstić information content (AvgIpc) is 3.13. The van der Waals surface area contributed by atoms with Gasteiger partial charge in [0.1, 0.15) is 29.5 Å². The molecule has 4 aromatic rings. The Bertz CT molecular complexity index is 1920. The lowest BCUT2D eigenvalue weighted by molar-refractivity contribution is -0.137. The van der Waals surface area contributed by atoms with E-state index in [1.165, 1.54) is 72.0 Å². The van der Waals surface area contributed by atoms with Crippen LogP contribution in [0.4, 0.5) is 14.5 Å². The highest BCUT2D eigenvalue weighted by Crippen LogP contribution is 2.39. The number of esters is 1. The molecule has 0 aliphatic heterocycles. The molecule has 0 bridgehead atoms. The van der Waals surface area contributed by atoms with Gasteiger partial charge in [-0.3, -0.25) is 14.4 Å². The number of methoxy groups -OCH3 is 1. The molecule has 54 heavy (non-hydrogen) atoms. The Balaban J connectivity index is 1.35. The zero-order valence-electron chi connectivity index (χ0n) is 30.0. The molecule has 1 unspecified atom stereocenters. The molecule has 0 spiro atoms. The largest absolute Gasteiger partial charge is 0.507 e. The summed E-state index contributed by atoms with van der Waals surface area (Å²) in [6.07, 6.45) is 5.21. The Morgan fingerprint density at radius 1 is 0.852 bits per heavy atom. The van der Waals surface area contributed by atoms with Gasteiger partial charge in [0.25, 0.3) is 11.6 Å². The van der Waals surface area contributed by atoms with Gasteiger partial charge in [-0.25, -0.2) is 4.79 Å². The minimum absolute atomic E-state index is 0.0546. The third kappa shape index (κ3) is 12.3. The second-order valence-electron chi connectivity index (χ2n) is 12.5. The molecule has 0 saturated carbocycles. The minimum atomic E-state index is -3.32. The molecule has 1 atom stereocenters. The number of amides is 2. The number of halogens is 2. The summed E-state index contributed by atoms with van der Waals surface area (Å²) in [5.41, 5.74) is -2.99. The van der Waals surface area contributed by atoms with Gasteiger partial charge in [-0.15, -0.1) is 0 Å². The van der Waals surface area contributed by atoms with E-state index in [0.717, 1.165) is 29.9 Å². The van der Waals surface area contributed by atoms with E-state index in [-0.39, 0.29) is 34.9 Å². The molecule has 4 aromatic carbocycles. The van der Waals surface area contributed by atoms with E-state index < -0.39 is 53.7 Å². The third-order valence-corrected chi connectivity index (χ3v) is 8.58. The van der Waals surface area contributed by atoms with Crippen molar-refractivity contribution in [2.24, 2.45) is 0 Å². The van der Waals surface area contributed by atoms with Gasteiger partial charge in [0, 0.05) is 23.9 Å². The number of benzene rings is 4. The highest BCUT2D eigenvalue weighted by Gasteiger charge is 2.29. The number of alkyl halides is 2. The second kappa shape index (κ2) is 19.5. The fourth-order valence-electron chi connectivity index (χ4n) is 5.48. The van der Waals surface area contributed by atoms with Crippen molar-refractivity contribution in [3.8, 4) is 23.0 Å². The Morgan fingerprint density at radius 2 is 1.52 bits per heavy atom. The van der Waals surface area contributed by atoms with Crippen LogP contribution in [0.1, 0.15) is 76.4 Å². The zero-order chi connectivity index (χ0) is 39.3. The summed E-state index contributed by atoms with van der Waals surface area (Å²) in [5.74, 6) is -2.81. The number of carboxylic acids is 1. The van der Waals surface area contributed by atoms with Gasteiger partial charge in [-0.05, 0) is 78.2 Å². The maximum Gasteiger partial charge on any atom is 0.343 e. The predicted molar refractivity (Wildman–Crippen MR) is 202 cm³/mol. The Morgan fingerprint density at radius 3 is 2.15 bits per heavy atom. The number of hydrogen-bond donors (Lipinski definition) is 3. The molecule has 0 heterocycles. The number of nitrogens with one attached hydrogen (secondary N) is 1. The van der Waals surface area contributed by atoms with Gasteiger partial charge in [0.15, 0.2) is 0 Å². The number of anilines is 1. The molecule has 3 N–H and O–H groups in total. The SMILES string of the molecule is CCCCCCCOc1ccc(C(=O)Oc2ccc(CN(CC(=O)O)C(=O)c3ccc(NC(=O)Cc4ccc(OC)cc4C(F)(F)P)cc3O)cc2)cc1. The number of rotatable bonds is 19. The molecular weight excluding hydrogens is 721 g/mol. The van der Waals surface area contributed by atoms with E-state index in [9.17, 15) is 38.2 Å². The molecular formula is C40H43F2N2O9P. The number of phenols is 1. The summed E-state index contributed by atoms with van der Waals surface area (Å²) in [5, 5.41) is 22.7. The first kappa shape index (κ1) is 41.2. The van der Waals surface area contributed by atoms with Crippen molar-refractivity contribution < 1.29 is 52.4 Å². The van der Waals surface area contributed by atoms with Crippen LogP contribution in [-0.2, 0) is 28.2 Å². The third-order valence-electron chi connectivity index (χ3n) is 8.27. The zero-order valence-corrected chi connectivity index (χ0v) is 31.1. The summed E-state index contributed by atoms with van der Waals surface area (Å²) in [6.45, 7) is 1.90. The lowest BCUT2D eigenvalue weighted by atomic mass is 10.0. The molecule has 0 radical (unpaired) electrons. The first-order chi connectivity index (χ1) is 25.8. The van der Waals surface area contributed by atoms with E-state index in [4.69, 9.17) is 14.2 Å². The summed E-state index contributed by atoms with van der Waals surface area (Å²) in [4.78, 5) is 51.6. The van der Waals surface area contributed by atoms with Crippen LogP contribution in [0.15, 0.2) is 84.9 Å². The van der Waals surface area contributed by atoms with E-state index in [1.54, 1.807) is 36.4 Å². The minimum Gasteiger partial charge on any atom is -0.507 e. The van der Waals surface area contributed by atoms with Crippen LogP contribution in [0, 0.1) is 0 Å². The van der Waals surface area contributed by atoms with Crippen molar-refractivity contribution in [3.05, 3.63) is 113 Å². The standard InChI is InChI=1S/C40H43F2N2O9P/c1-3-4-5-6-7-20-52-30-16-10-27(11-17-30)39(50)53-31-14-8-26(9-15-31)24-44(25-37(47)48)38(49)33-19-13-29(22-35(33)45)43-36(46)21-28-12-18-32(51-2)23-34(28)40(41,42)54/h8-19,22-23,45H,3-7,20-21,24-25,54H2,1-2H3,(H,43,46)(H,47,48). The number of phenolic OH excluding ortho intramolecular Hbond substituents is 1. The number of ether oxygens (including phenoxy) is 3. The summed E-state index contributed by atoms with van der Waals surface area (Å²) in [6, 6.07) is 20.4. The van der Waals surface area contributed by atoms with Gasteiger partial charge in [0.05, 0.1) is 31.3 Å². The van der Waals surface area contributed by atoms with Crippen LogP contribution in [0.5, 0.6) is 23.0 Å². The van der Waals surface area contributed by atoms with Crippen LogP contribution in [0.3, 0.4) is 0 Å². The maximum atomic E-state index is 14.2. The average molecular weight is 765 g/mol. The highest BCUT2D eigenvalue weighted by molar-refractivity contribution is 7.17. The molecule has 0 aliphatic rings. The van der Waals surface area contributed by atoms with Crippen molar-refractivity contribution in [3.63, 3.8) is 0 Å². The molecule has 2 amide bonds. The predicted octanol–water partition coefficient (Wildman–Crippen LogP) is 7.80. The monoisotopic (exact) mass is 764 g/mol. The van der Waals surface area contributed by atoms with E-state index in [2.05, 4.69) is 12.2 Å². The number of hydrogen-bond acceptors (Lipinski definition) is 8. The van der Waals surface area contributed by atoms with Crippen molar-refractivity contribution in [2.75, 3.05) is 25.6 Å². The lowest BCUT2D eigenvalue weighted by Gasteiger charge is -2.22. The Kier molecular flexibility index (Phi) is 14.9. The number of aromatic hydroxyl groups is 1. The number of nitrogens with zero attached hydrogens (tertiary/aromatic N) is 1. The van der Waals surface area contributed by atoms with E-state index in [0.29, 0.717) is 23.5 Å². The number of aliphatic carboxylic acids is 1. The van der Waals surface area contributed by atoms with E-state index >= 15 is 0 Å². The first-order valence-corrected chi connectivity index (χ1v) is 17.9. The summed E-state index contributed by atoms with van der Waals surface area (Å²) < 4.78 is 44.6. The second-order valence-corrected chi connectivity index (χ2v) is 13.2. The molecule has 14 heteroatoms. The molecule has 11 nitrogen and oxygen atoms in total. The van der Waals surface area contributed by atoms with Gasteiger partial charge in [0.2, 0.25) is 5.91 Å². The molecule has 4 rings (SSSR count). The van der Waals surface area contributed by atoms with Crippen LogP contribution >= 0.6 is 9.24 Å². The van der Waals surface area contributed by atoms with Crippen LogP contribution < -0.4 is 19.5 Å². The van der Waals surface area contributed by atoms with Gasteiger partial charge in [-0.2, -0.15) is 8.78 Å². The van der Waals surface area contributed by atoms with Crippen molar-refractivity contribution in [2.45, 2.75) is 57.7 Å². The Hall–Kier alpha value is -5.55. The van der Waals surface area contributed by atoms with Gasteiger partial charge in [-0.1, -0.05) is 60.0 Å². The topological polar surface area (TPSA) is 152 Å². The number of carboxylic acid groups (broad SMARTS) is 1. The molecule has 0 aromatic heterocycles. The number of unbranched alkanes of at least 4 members (excludes halogenated alkanes) is 4. The first-order valence-electron chi connectivity index (χ1n) is 17.3. The normalized spacial score (nSPS) is 11.1. The van der Waals surface area contributed by atoms with Crippen molar-refractivity contribution >= 4 is 38.7 Å². The van der Waals surface area contributed by atoms with Crippen molar-refractivity contribution in [1.82, 2.24) is 4.90 Å². The van der Waals surface area contributed by atoms with Crippen LogP contribution in [-0.4, -0.2) is 59.1 Å². The molecule has 0 saturated heterocycles. The van der Waals surface area contributed by atoms with Crippen LogP contribution in [0.2, 0.25) is 0 Å². The van der Waals surface area contributed by atoms with E-state index in [1.807, 2.05) is 0 Å². The fraction of sp³-hybridized carbons (Fsp3) is 0.300. The van der Waals surface area contributed by atoms with Gasteiger partial charge < -0.3 is 34.6 Å². The fourth-order valence-corrected chi connectivity index (χ4v) is 5.75. The molecule has 0 aliphatic carbocycles. The number of carbonyl (C=O) groups is 4. The maximum absolute atomic E-state index is 14.2. The van der Waals surface area contributed by atoms with Crippen LogP contribution in [0.25, 0.3) is 0 Å². The smallest absolute Gasteiger partial charge is 0.343 e. The number of carbonyl (C=O) groups excluding carboxylic acids is 3. The molecule has 0 fully saturated rings. The van der Waals surface area contributed by atoms with Crippen molar-refractivity contribution in [1.29, 1.82) is 0 Å². The summed E-state index contributed by atoms with van der Waals surface area (Å²) in [7, 11) is 2.76.